The van der Waals surface area contributed by atoms with Gasteiger partial charge < -0.3 is 10.6 Å². The van der Waals surface area contributed by atoms with E-state index in [2.05, 4.69) is 15.6 Å². The van der Waals surface area contributed by atoms with Gasteiger partial charge >= 0.3 is 6.18 Å². The minimum Gasteiger partial charge on any atom is -0.351 e. The molecule has 1 atom stereocenters. The second-order valence-corrected chi connectivity index (χ2v) is 8.25. The first kappa shape index (κ1) is 23.5. The number of piperidine rings is 1. The molecule has 1 saturated carbocycles. The lowest BCUT2D eigenvalue weighted by Crippen LogP contribution is -2.37. The zero-order valence-electron chi connectivity index (χ0n) is 18.5. The van der Waals surface area contributed by atoms with Gasteiger partial charge in [0.15, 0.2) is 0 Å². The number of hydrogen-bond acceptors (Lipinski definition) is 3. The summed E-state index contributed by atoms with van der Waals surface area (Å²) in [7, 11) is 0. The molecule has 0 spiro atoms. The largest absolute Gasteiger partial charge is 0.418 e. The van der Waals surface area contributed by atoms with Crippen molar-refractivity contribution in [3.63, 3.8) is 0 Å². The van der Waals surface area contributed by atoms with Crippen molar-refractivity contribution >= 4 is 16.8 Å². The van der Waals surface area contributed by atoms with E-state index in [1.807, 2.05) is 13.8 Å². The summed E-state index contributed by atoms with van der Waals surface area (Å²) in [5.74, 6) is -0.221. The number of carbonyl (C=O) groups is 1. The van der Waals surface area contributed by atoms with E-state index in [0.29, 0.717) is 29.1 Å². The molecule has 2 N–H and O–H groups in total. The van der Waals surface area contributed by atoms with Gasteiger partial charge in [-0.15, -0.1) is 0 Å². The Kier molecular flexibility index (Phi) is 7.57. The van der Waals surface area contributed by atoms with Crippen molar-refractivity contribution in [2.75, 3.05) is 13.1 Å². The van der Waals surface area contributed by atoms with E-state index in [9.17, 15) is 18.0 Å². The van der Waals surface area contributed by atoms with Crippen LogP contribution in [0.25, 0.3) is 10.9 Å². The molecule has 2 fully saturated rings. The summed E-state index contributed by atoms with van der Waals surface area (Å²) in [5.41, 5.74) is 0.507. The lowest BCUT2D eigenvalue weighted by atomic mass is 9.98. The topological polar surface area (TPSA) is 54.0 Å². The highest BCUT2D eigenvalue weighted by Gasteiger charge is 2.36. The van der Waals surface area contributed by atoms with Crippen LogP contribution in [0.15, 0.2) is 18.2 Å². The standard InChI is InChI=1S/C22H26F3N3O.C2H6/c1-13-10-19(21(29)27-9-7-16-4-2-3-8-26-16)28-20-17(13)11-15(14-5-6-14)12-18(20)22(23,24)25;1-2/h10-12,14,16,26H,2-9H2,1H3,(H,27,29);1-2H3. The van der Waals surface area contributed by atoms with Crippen molar-refractivity contribution in [2.45, 2.75) is 77.4 Å². The fourth-order valence-corrected chi connectivity index (χ4v) is 4.12. The van der Waals surface area contributed by atoms with Crippen LogP contribution in [0.1, 0.15) is 85.5 Å². The van der Waals surface area contributed by atoms with E-state index in [1.54, 1.807) is 19.1 Å². The first-order chi connectivity index (χ1) is 14.8. The number of alkyl halides is 3. The maximum atomic E-state index is 13.7. The fourth-order valence-electron chi connectivity index (χ4n) is 4.12. The molecule has 1 aromatic heterocycles. The van der Waals surface area contributed by atoms with Crippen molar-refractivity contribution in [3.8, 4) is 0 Å². The smallest absolute Gasteiger partial charge is 0.351 e. The molecular formula is C24H32F3N3O. The normalized spacial score (nSPS) is 19.0. The molecule has 1 aliphatic carbocycles. The molecule has 4 nitrogen and oxygen atoms in total. The number of halogens is 3. The summed E-state index contributed by atoms with van der Waals surface area (Å²) < 4.78 is 41.1. The maximum absolute atomic E-state index is 13.7. The highest BCUT2D eigenvalue weighted by molar-refractivity contribution is 5.97. The average molecular weight is 436 g/mol. The van der Waals surface area contributed by atoms with E-state index >= 15 is 0 Å². The molecule has 1 saturated heterocycles. The van der Waals surface area contributed by atoms with Crippen LogP contribution in [0.4, 0.5) is 13.2 Å². The minimum absolute atomic E-state index is 0.0382. The Morgan fingerprint density at radius 2 is 1.90 bits per heavy atom. The Morgan fingerprint density at radius 1 is 1.16 bits per heavy atom. The highest BCUT2D eigenvalue weighted by atomic mass is 19.4. The van der Waals surface area contributed by atoms with E-state index in [4.69, 9.17) is 0 Å². The Balaban J connectivity index is 0.00000132. The molecule has 0 radical (unpaired) electrons. The summed E-state index contributed by atoms with van der Waals surface area (Å²) in [5, 5.41) is 6.71. The van der Waals surface area contributed by atoms with Crippen LogP contribution < -0.4 is 10.6 Å². The van der Waals surface area contributed by atoms with E-state index < -0.39 is 17.6 Å². The number of rotatable bonds is 5. The molecule has 2 aromatic rings. The first-order valence-corrected chi connectivity index (χ1v) is 11.4. The van der Waals surface area contributed by atoms with Crippen LogP contribution in [0, 0.1) is 6.92 Å². The predicted molar refractivity (Wildman–Crippen MR) is 117 cm³/mol. The number of pyridine rings is 1. The van der Waals surface area contributed by atoms with Crippen LogP contribution in [-0.2, 0) is 6.18 Å². The van der Waals surface area contributed by atoms with Gasteiger partial charge in [0, 0.05) is 18.0 Å². The van der Waals surface area contributed by atoms with Crippen LogP contribution >= 0.6 is 0 Å². The van der Waals surface area contributed by atoms with Crippen molar-refractivity contribution in [2.24, 2.45) is 0 Å². The predicted octanol–water partition coefficient (Wildman–Crippen LogP) is 5.73. The number of hydrogen-bond donors (Lipinski definition) is 2. The molecule has 7 heteroatoms. The fraction of sp³-hybridized carbons (Fsp3) is 0.583. The number of aromatic nitrogens is 1. The van der Waals surface area contributed by atoms with Crippen molar-refractivity contribution in [1.82, 2.24) is 15.6 Å². The van der Waals surface area contributed by atoms with Gasteiger partial charge in [-0.3, -0.25) is 4.79 Å². The lowest BCUT2D eigenvalue weighted by Gasteiger charge is -2.23. The van der Waals surface area contributed by atoms with E-state index in [-0.39, 0.29) is 17.1 Å². The van der Waals surface area contributed by atoms with Gasteiger partial charge in [0.1, 0.15) is 5.69 Å². The maximum Gasteiger partial charge on any atom is 0.418 e. The molecule has 1 amide bonds. The number of nitrogens with zero attached hydrogens (tertiary/aromatic N) is 1. The van der Waals surface area contributed by atoms with Gasteiger partial charge in [0.2, 0.25) is 0 Å². The number of benzene rings is 1. The molecule has 1 unspecified atom stereocenters. The van der Waals surface area contributed by atoms with Crippen LogP contribution in [0.3, 0.4) is 0 Å². The van der Waals surface area contributed by atoms with Crippen LogP contribution in [-0.4, -0.2) is 30.0 Å². The molecule has 2 heterocycles. The summed E-state index contributed by atoms with van der Waals surface area (Å²) in [6.45, 7) is 7.21. The average Bonchev–Trinajstić information content (AvgIpc) is 3.60. The Labute approximate surface area is 182 Å². The van der Waals surface area contributed by atoms with Gasteiger partial charge in [-0.2, -0.15) is 13.2 Å². The minimum atomic E-state index is -4.51. The Morgan fingerprint density at radius 3 is 2.52 bits per heavy atom. The first-order valence-electron chi connectivity index (χ1n) is 11.4. The number of carbonyl (C=O) groups excluding carboxylic acids is 1. The molecule has 0 bridgehead atoms. The number of nitrogens with one attached hydrogen (secondary N) is 2. The quantitative estimate of drug-likeness (QED) is 0.631. The molecule has 31 heavy (non-hydrogen) atoms. The third-order valence-corrected chi connectivity index (χ3v) is 5.92. The Bertz CT molecular complexity index is 916. The van der Waals surface area contributed by atoms with Crippen molar-refractivity contribution in [3.05, 3.63) is 40.6 Å². The van der Waals surface area contributed by atoms with Gasteiger partial charge in [0.05, 0.1) is 11.1 Å². The summed E-state index contributed by atoms with van der Waals surface area (Å²) in [4.78, 5) is 16.7. The van der Waals surface area contributed by atoms with Gasteiger partial charge in [-0.25, -0.2) is 4.98 Å². The second kappa shape index (κ2) is 9.98. The van der Waals surface area contributed by atoms with Crippen LogP contribution in [0.2, 0.25) is 0 Å². The lowest BCUT2D eigenvalue weighted by molar-refractivity contribution is -0.136. The zero-order valence-corrected chi connectivity index (χ0v) is 18.5. The third kappa shape index (κ3) is 5.76. The van der Waals surface area contributed by atoms with Crippen molar-refractivity contribution < 1.29 is 18.0 Å². The number of amides is 1. The van der Waals surface area contributed by atoms with Crippen LogP contribution in [0.5, 0.6) is 0 Å². The van der Waals surface area contributed by atoms with Gasteiger partial charge in [-0.05, 0) is 80.8 Å². The molecule has 170 valence electrons. The third-order valence-electron chi connectivity index (χ3n) is 5.92. The second-order valence-electron chi connectivity index (χ2n) is 8.25. The van der Waals surface area contributed by atoms with E-state index in [1.165, 1.54) is 18.9 Å². The molecule has 1 aromatic carbocycles. The molecule has 2 aliphatic rings. The molecule has 4 rings (SSSR count). The molecular weight excluding hydrogens is 403 g/mol. The summed E-state index contributed by atoms with van der Waals surface area (Å²) >= 11 is 0. The summed E-state index contributed by atoms with van der Waals surface area (Å²) in [6, 6.07) is 4.99. The Hall–Kier alpha value is -2.15. The van der Waals surface area contributed by atoms with Gasteiger partial charge in [-0.1, -0.05) is 20.3 Å². The molecule has 1 aliphatic heterocycles. The highest BCUT2D eigenvalue weighted by Crippen LogP contribution is 2.44. The van der Waals surface area contributed by atoms with Gasteiger partial charge in [0.25, 0.3) is 5.91 Å². The van der Waals surface area contributed by atoms with Crippen molar-refractivity contribution in [1.29, 1.82) is 0 Å². The SMILES string of the molecule is CC.Cc1cc(C(=O)NCCC2CCCCN2)nc2c(C(F)(F)F)cc(C3CC3)cc12. The zero-order chi connectivity index (χ0) is 22.6. The summed E-state index contributed by atoms with van der Waals surface area (Å²) in [6.07, 6.45) is 1.58. The van der Waals surface area contributed by atoms with E-state index in [0.717, 1.165) is 32.2 Å². The monoisotopic (exact) mass is 435 g/mol. The number of fused-ring (bicyclic) bond motifs is 1. The number of aryl methyl sites for hydroxylation is 1.